The minimum absolute atomic E-state index is 4.20. The molecule has 4 nitrogen and oxygen atoms in total. The van der Waals surface area contributed by atoms with Crippen LogP contribution in [0.5, 0.6) is 0 Å². The van der Waals surface area contributed by atoms with Gasteiger partial charge in [-0.15, -0.1) is 0 Å². The van der Waals surface area contributed by atoms with Crippen LogP contribution >= 0.6 is 0 Å². The minimum atomic E-state index is -5.44. The van der Waals surface area contributed by atoms with Crippen molar-refractivity contribution in [1.29, 1.82) is 0 Å². The van der Waals surface area contributed by atoms with Crippen LogP contribution in [-0.2, 0) is 22.2 Å². The minimum Gasteiger partial charge on any atom is -0.301 e. The van der Waals surface area contributed by atoms with Gasteiger partial charge in [0.15, 0.2) is 0 Å². The van der Waals surface area contributed by atoms with Gasteiger partial charge in [-0.3, -0.25) is 0 Å². The summed E-state index contributed by atoms with van der Waals surface area (Å²) in [5, 5.41) is -10.9. The highest BCUT2D eigenvalue weighted by Gasteiger charge is 2.66. The van der Waals surface area contributed by atoms with Gasteiger partial charge in [-0.05, 0) is 0 Å². The Hall–Kier alpha value is -0.0600. The summed E-state index contributed by atoms with van der Waals surface area (Å²) >= 11 is -8.40. The van der Waals surface area contributed by atoms with Gasteiger partial charge in [-0.25, -0.2) is 8.42 Å². The predicted octanol–water partition coefficient (Wildman–Crippen LogP) is 0.615. The second-order valence-electron chi connectivity index (χ2n) is 1.53. The molecule has 2 N–H and O–H groups in total. The van der Waals surface area contributed by atoms with Gasteiger partial charge in [0.25, 0.3) is 0 Å². The third kappa shape index (κ3) is 1.81. The van der Waals surface area contributed by atoms with E-state index in [9.17, 15) is 26.0 Å². The van der Waals surface area contributed by atoms with Crippen LogP contribution in [-0.4, -0.2) is 28.0 Å². The average Bonchev–Trinajstić information content (AvgIpc) is 1.86. The number of hydrogen-bond acceptors (Lipinski definition) is 2. The third-order valence-corrected chi connectivity index (χ3v) is 2.30. The van der Waals surface area contributed by atoms with E-state index in [-0.39, 0.29) is 0 Å². The van der Waals surface area contributed by atoms with Crippen LogP contribution in [0.15, 0.2) is 0 Å². The smallest absolute Gasteiger partial charge is 0.301 e. The molecule has 0 aliphatic heterocycles. The quantitative estimate of drug-likeness (QED) is 0.550. The first kappa shape index (κ1) is 11.9. The summed E-state index contributed by atoms with van der Waals surface area (Å²) in [6, 6.07) is 0. The largest absolute Gasteiger partial charge is 0.421 e. The van der Waals surface area contributed by atoms with Crippen LogP contribution in [0.25, 0.3) is 0 Å². The fraction of sp³-hybridized carbons (Fsp3) is 1.00. The molecule has 0 radical (unpaired) electrons. The second kappa shape index (κ2) is 3.36. The van der Waals surface area contributed by atoms with Crippen LogP contribution in [0.1, 0.15) is 0 Å². The van der Waals surface area contributed by atoms with E-state index in [1.807, 2.05) is 0 Å². The van der Waals surface area contributed by atoms with E-state index < -0.39 is 32.7 Å². The second-order valence-corrected chi connectivity index (χ2v) is 3.55. The Morgan fingerprint density at radius 1 is 0.833 bits per heavy atom. The summed E-state index contributed by atoms with van der Waals surface area (Å²) < 4.78 is 82.2. The molecule has 10 heteroatoms. The maximum atomic E-state index is 11.9. The Labute approximate surface area is 68.5 Å². The summed E-state index contributed by atoms with van der Waals surface area (Å²) in [4.78, 5) is 0. The van der Waals surface area contributed by atoms with Gasteiger partial charge in [0.2, 0.25) is 22.2 Å². The van der Waals surface area contributed by atoms with Crippen molar-refractivity contribution in [2.24, 2.45) is 0 Å². The van der Waals surface area contributed by atoms with E-state index in [0.717, 1.165) is 0 Å². The molecule has 2 unspecified atom stereocenters. The lowest BCUT2D eigenvalue weighted by Crippen LogP contribution is -2.46. The maximum Gasteiger partial charge on any atom is 0.421 e. The Morgan fingerprint density at radius 3 is 1.08 bits per heavy atom. The van der Waals surface area contributed by atoms with Crippen molar-refractivity contribution < 1.29 is 35.1 Å². The van der Waals surface area contributed by atoms with Gasteiger partial charge in [0, 0.05) is 0 Å². The van der Waals surface area contributed by atoms with Gasteiger partial charge in [-0.2, -0.15) is 17.6 Å². The Balaban J connectivity index is 5.01. The van der Waals surface area contributed by atoms with Crippen molar-refractivity contribution >= 4 is 22.2 Å². The molecule has 0 aromatic rings. The molecule has 0 bridgehead atoms. The fourth-order valence-corrected chi connectivity index (χ4v) is 1.04. The summed E-state index contributed by atoms with van der Waals surface area (Å²) in [7, 11) is 0. The highest BCUT2D eigenvalue weighted by Crippen LogP contribution is 2.38. The van der Waals surface area contributed by atoms with Crippen molar-refractivity contribution in [2.75, 3.05) is 0 Å². The summed E-state index contributed by atoms with van der Waals surface area (Å²) in [6.45, 7) is 0. The molecule has 0 saturated heterocycles. The molecule has 0 saturated carbocycles. The molecule has 0 spiro atoms. The number of alkyl halides is 4. The monoisotopic (exact) mass is 230 g/mol. The van der Waals surface area contributed by atoms with Crippen molar-refractivity contribution in [2.45, 2.75) is 10.5 Å². The average molecular weight is 230 g/mol. The molecule has 0 aliphatic carbocycles. The molecular weight excluding hydrogens is 228 g/mol. The number of halogens is 4. The lowest BCUT2D eigenvalue weighted by molar-refractivity contribution is -0.0977. The molecule has 0 aromatic heterocycles. The molecule has 0 fully saturated rings. The van der Waals surface area contributed by atoms with Crippen LogP contribution < -0.4 is 0 Å². The van der Waals surface area contributed by atoms with Crippen LogP contribution in [0.4, 0.5) is 17.6 Å². The van der Waals surface area contributed by atoms with E-state index in [1.165, 1.54) is 0 Å². The van der Waals surface area contributed by atoms with Crippen LogP contribution in [0.3, 0.4) is 0 Å². The zero-order chi connectivity index (χ0) is 10.2. The van der Waals surface area contributed by atoms with Crippen molar-refractivity contribution in [3.8, 4) is 0 Å². The van der Waals surface area contributed by atoms with Gasteiger partial charge >= 0.3 is 10.5 Å². The van der Waals surface area contributed by atoms with E-state index in [1.54, 1.807) is 0 Å². The van der Waals surface area contributed by atoms with Crippen LogP contribution in [0.2, 0.25) is 0 Å². The zero-order valence-electron chi connectivity index (χ0n) is 5.04. The van der Waals surface area contributed by atoms with Crippen molar-refractivity contribution in [3.63, 3.8) is 0 Å². The van der Waals surface area contributed by atoms with Gasteiger partial charge in [-0.1, -0.05) is 0 Å². The number of hydrogen-bond donors (Lipinski definition) is 2. The molecule has 12 heavy (non-hydrogen) atoms. The van der Waals surface area contributed by atoms with Gasteiger partial charge < -0.3 is 9.11 Å². The van der Waals surface area contributed by atoms with Gasteiger partial charge in [0.05, 0.1) is 0 Å². The van der Waals surface area contributed by atoms with E-state index in [0.29, 0.717) is 0 Å². The lowest BCUT2D eigenvalue weighted by atomic mass is 10.7. The Bertz CT molecular complexity index is 203. The molecule has 74 valence electrons. The van der Waals surface area contributed by atoms with Crippen LogP contribution in [0, 0.1) is 0 Å². The van der Waals surface area contributed by atoms with Crippen molar-refractivity contribution in [3.05, 3.63) is 0 Å². The molecule has 2 atom stereocenters. The molecule has 0 aliphatic rings. The predicted molar refractivity (Wildman–Crippen MR) is 31.4 cm³/mol. The van der Waals surface area contributed by atoms with E-state index in [4.69, 9.17) is 9.11 Å². The topological polar surface area (TPSA) is 74.6 Å². The Morgan fingerprint density at radius 2 is 1.00 bits per heavy atom. The SMILES string of the molecule is O=S(O)C(F)(F)C(F)(F)S(=O)O. The lowest BCUT2D eigenvalue weighted by Gasteiger charge is -2.19. The Kier molecular flexibility index (Phi) is 3.34. The summed E-state index contributed by atoms with van der Waals surface area (Å²) in [5.74, 6) is 0. The molecule has 0 rings (SSSR count). The fourth-order valence-electron chi connectivity index (χ4n) is 0.203. The van der Waals surface area contributed by atoms with E-state index in [2.05, 4.69) is 0 Å². The maximum absolute atomic E-state index is 11.9. The summed E-state index contributed by atoms with van der Waals surface area (Å²) in [6.07, 6.45) is 0. The molecule has 0 heterocycles. The number of rotatable bonds is 3. The zero-order valence-corrected chi connectivity index (χ0v) is 6.67. The highest BCUT2D eigenvalue weighted by molar-refractivity contribution is 7.84. The van der Waals surface area contributed by atoms with Gasteiger partial charge in [0.1, 0.15) is 0 Å². The molecule has 0 aromatic carbocycles. The first-order valence-electron chi connectivity index (χ1n) is 2.11. The normalized spacial score (nSPS) is 18.8. The third-order valence-electron chi connectivity index (χ3n) is 0.777. The standard InChI is InChI=1S/C2H2F4O4S2/c3-1(4,11(7)8)2(5,6)12(9)10/h(H,7,8)(H,9,10). The highest BCUT2D eigenvalue weighted by atomic mass is 32.2. The van der Waals surface area contributed by atoms with Crippen molar-refractivity contribution in [1.82, 2.24) is 0 Å². The van der Waals surface area contributed by atoms with E-state index >= 15 is 0 Å². The molecule has 0 amide bonds. The molecular formula is C2H2F4O4S2. The first-order valence-corrected chi connectivity index (χ1v) is 4.33. The first-order chi connectivity index (χ1) is 5.14. The summed E-state index contributed by atoms with van der Waals surface area (Å²) in [5.41, 5.74) is 0.